The minimum atomic E-state index is -0.910. The third-order valence-corrected chi connectivity index (χ3v) is 2.86. The molecule has 0 fully saturated rings. The van der Waals surface area contributed by atoms with Gasteiger partial charge in [-0.05, 0) is 47.9 Å². The van der Waals surface area contributed by atoms with Crippen molar-refractivity contribution >= 4 is 5.97 Å². The number of aromatic carboxylic acids is 1. The van der Waals surface area contributed by atoms with Crippen molar-refractivity contribution in [2.75, 3.05) is 7.11 Å². The molecular weight excluding hydrogens is 228 g/mol. The maximum Gasteiger partial charge on any atom is 0.335 e. The molecule has 2 aromatic carbocycles. The predicted molar refractivity (Wildman–Crippen MR) is 70.1 cm³/mol. The highest BCUT2D eigenvalue weighted by Crippen LogP contribution is 2.26. The summed E-state index contributed by atoms with van der Waals surface area (Å²) in [6, 6.07) is 12.7. The van der Waals surface area contributed by atoms with Gasteiger partial charge in [-0.15, -0.1) is 0 Å². The first-order valence-corrected chi connectivity index (χ1v) is 5.60. The summed E-state index contributed by atoms with van der Waals surface area (Å²) >= 11 is 0. The van der Waals surface area contributed by atoms with E-state index in [0.29, 0.717) is 5.56 Å². The van der Waals surface area contributed by atoms with Gasteiger partial charge in [0.15, 0.2) is 0 Å². The Balaban J connectivity index is 2.36. The van der Waals surface area contributed by atoms with E-state index >= 15 is 0 Å². The van der Waals surface area contributed by atoms with Crippen LogP contribution in [0.25, 0.3) is 11.1 Å². The number of hydrogen-bond donors (Lipinski definition) is 1. The molecule has 0 radical (unpaired) electrons. The van der Waals surface area contributed by atoms with E-state index in [1.165, 1.54) is 0 Å². The fourth-order valence-electron chi connectivity index (χ4n) is 1.86. The van der Waals surface area contributed by atoms with Crippen LogP contribution in [0.3, 0.4) is 0 Å². The quantitative estimate of drug-likeness (QED) is 0.897. The van der Waals surface area contributed by atoms with Crippen molar-refractivity contribution in [3.63, 3.8) is 0 Å². The van der Waals surface area contributed by atoms with Crippen molar-refractivity contribution < 1.29 is 14.6 Å². The van der Waals surface area contributed by atoms with Crippen LogP contribution in [0, 0.1) is 6.92 Å². The highest BCUT2D eigenvalue weighted by atomic mass is 16.5. The van der Waals surface area contributed by atoms with E-state index in [1.54, 1.807) is 19.2 Å². The van der Waals surface area contributed by atoms with Crippen molar-refractivity contribution in [1.82, 2.24) is 0 Å². The molecule has 1 N–H and O–H groups in total. The molecule has 0 aliphatic rings. The van der Waals surface area contributed by atoms with Crippen molar-refractivity contribution in [3.05, 3.63) is 53.6 Å². The standard InChI is InChI=1S/C15H14O3/c1-10-9-13(7-8-14(10)18-2)11-3-5-12(6-4-11)15(16)17/h3-9H,1-2H3,(H,16,17). The second-order valence-corrected chi connectivity index (χ2v) is 4.07. The van der Waals surface area contributed by atoms with Crippen LogP contribution in [0.15, 0.2) is 42.5 Å². The number of methoxy groups -OCH3 is 1. The third-order valence-electron chi connectivity index (χ3n) is 2.86. The van der Waals surface area contributed by atoms with Crippen LogP contribution in [-0.2, 0) is 0 Å². The number of benzene rings is 2. The summed E-state index contributed by atoms with van der Waals surface area (Å²) in [6.07, 6.45) is 0. The number of hydrogen-bond acceptors (Lipinski definition) is 2. The molecule has 18 heavy (non-hydrogen) atoms. The lowest BCUT2D eigenvalue weighted by molar-refractivity contribution is 0.0697. The number of ether oxygens (including phenoxy) is 1. The fraction of sp³-hybridized carbons (Fsp3) is 0.133. The first-order valence-electron chi connectivity index (χ1n) is 5.60. The zero-order valence-corrected chi connectivity index (χ0v) is 10.3. The minimum Gasteiger partial charge on any atom is -0.496 e. The summed E-state index contributed by atoms with van der Waals surface area (Å²) < 4.78 is 5.21. The Kier molecular flexibility index (Phi) is 3.33. The van der Waals surface area contributed by atoms with Gasteiger partial charge in [-0.2, -0.15) is 0 Å². The number of rotatable bonds is 3. The molecule has 0 aliphatic carbocycles. The van der Waals surface area contributed by atoms with Gasteiger partial charge in [-0.25, -0.2) is 4.79 Å². The molecular formula is C15H14O3. The Labute approximate surface area is 106 Å². The average molecular weight is 242 g/mol. The maximum absolute atomic E-state index is 10.8. The lowest BCUT2D eigenvalue weighted by Crippen LogP contribution is -1.95. The Bertz CT molecular complexity index is 571. The van der Waals surface area contributed by atoms with Crippen LogP contribution in [0.1, 0.15) is 15.9 Å². The lowest BCUT2D eigenvalue weighted by atomic mass is 10.0. The molecule has 3 nitrogen and oxygen atoms in total. The van der Waals surface area contributed by atoms with E-state index in [4.69, 9.17) is 9.84 Å². The van der Waals surface area contributed by atoms with Gasteiger partial charge < -0.3 is 9.84 Å². The van der Waals surface area contributed by atoms with Crippen LogP contribution in [0.5, 0.6) is 5.75 Å². The van der Waals surface area contributed by atoms with Crippen molar-refractivity contribution in [3.8, 4) is 16.9 Å². The largest absolute Gasteiger partial charge is 0.496 e. The summed E-state index contributed by atoms with van der Waals surface area (Å²) in [7, 11) is 1.64. The summed E-state index contributed by atoms with van der Waals surface area (Å²) in [4.78, 5) is 10.8. The fourth-order valence-corrected chi connectivity index (χ4v) is 1.86. The van der Waals surface area contributed by atoms with Gasteiger partial charge in [-0.3, -0.25) is 0 Å². The highest BCUT2D eigenvalue weighted by molar-refractivity contribution is 5.88. The first kappa shape index (κ1) is 12.2. The van der Waals surface area contributed by atoms with Gasteiger partial charge in [0.05, 0.1) is 12.7 Å². The van der Waals surface area contributed by atoms with E-state index in [9.17, 15) is 4.79 Å². The summed E-state index contributed by atoms with van der Waals surface area (Å²) in [5, 5.41) is 8.84. The Morgan fingerprint density at radius 3 is 2.17 bits per heavy atom. The molecule has 0 aromatic heterocycles. The van der Waals surface area contributed by atoms with Crippen molar-refractivity contribution in [1.29, 1.82) is 0 Å². The van der Waals surface area contributed by atoms with E-state index in [2.05, 4.69) is 0 Å². The topological polar surface area (TPSA) is 46.5 Å². The molecule has 0 aliphatic heterocycles. The molecule has 0 saturated carbocycles. The first-order chi connectivity index (χ1) is 8.61. The van der Waals surface area contributed by atoms with Crippen LogP contribution in [-0.4, -0.2) is 18.2 Å². The zero-order chi connectivity index (χ0) is 13.1. The molecule has 0 spiro atoms. The van der Waals surface area contributed by atoms with Gasteiger partial charge >= 0.3 is 5.97 Å². The molecule has 2 rings (SSSR count). The lowest BCUT2D eigenvalue weighted by Gasteiger charge is -2.07. The molecule has 0 heterocycles. The van der Waals surface area contributed by atoms with E-state index in [-0.39, 0.29) is 0 Å². The Morgan fingerprint density at radius 2 is 1.67 bits per heavy atom. The zero-order valence-electron chi connectivity index (χ0n) is 10.3. The van der Waals surface area contributed by atoms with E-state index < -0.39 is 5.97 Å². The van der Waals surface area contributed by atoms with E-state index in [1.807, 2.05) is 37.3 Å². The molecule has 2 aromatic rings. The molecule has 92 valence electrons. The Morgan fingerprint density at radius 1 is 1.06 bits per heavy atom. The van der Waals surface area contributed by atoms with Crippen molar-refractivity contribution in [2.24, 2.45) is 0 Å². The normalized spacial score (nSPS) is 10.1. The maximum atomic E-state index is 10.8. The monoisotopic (exact) mass is 242 g/mol. The highest BCUT2D eigenvalue weighted by Gasteiger charge is 2.05. The van der Waals surface area contributed by atoms with Gasteiger partial charge in [0.2, 0.25) is 0 Å². The molecule has 3 heteroatoms. The van der Waals surface area contributed by atoms with Crippen molar-refractivity contribution in [2.45, 2.75) is 6.92 Å². The van der Waals surface area contributed by atoms with Gasteiger partial charge in [0.1, 0.15) is 5.75 Å². The summed E-state index contributed by atoms with van der Waals surface area (Å²) in [5.41, 5.74) is 3.39. The number of carboxylic acid groups (broad SMARTS) is 1. The molecule has 0 unspecified atom stereocenters. The number of aryl methyl sites for hydroxylation is 1. The average Bonchev–Trinajstić information content (AvgIpc) is 2.38. The second-order valence-electron chi connectivity index (χ2n) is 4.07. The summed E-state index contributed by atoms with van der Waals surface area (Å²) in [5.74, 6) is -0.0617. The molecule has 0 amide bonds. The minimum absolute atomic E-state index is 0.295. The van der Waals surface area contributed by atoms with E-state index in [0.717, 1.165) is 22.4 Å². The van der Waals surface area contributed by atoms with Gasteiger partial charge in [-0.1, -0.05) is 18.2 Å². The smallest absolute Gasteiger partial charge is 0.335 e. The molecule has 0 saturated heterocycles. The number of carbonyl (C=O) groups is 1. The van der Waals surface area contributed by atoms with Gasteiger partial charge in [0.25, 0.3) is 0 Å². The van der Waals surface area contributed by atoms with Gasteiger partial charge in [0, 0.05) is 0 Å². The third kappa shape index (κ3) is 2.35. The van der Waals surface area contributed by atoms with Crippen LogP contribution >= 0.6 is 0 Å². The SMILES string of the molecule is COc1ccc(-c2ccc(C(=O)O)cc2)cc1C. The van der Waals surface area contributed by atoms with Crippen LogP contribution < -0.4 is 4.74 Å². The Hall–Kier alpha value is -2.29. The molecule has 0 bridgehead atoms. The second kappa shape index (κ2) is 4.92. The number of carboxylic acids is 1. The van der Waals surface area contributed by atoms with Crippen LogP contribution in [0.2, 0.25) is 0 Å². The molecule has 0 atom stereocenters. The summed E-state index contributed by atoms with van der Waals surface area (Å²) in [6.45, 7) is 1.98. The predicted octanol–water partition coefficient (Wildman–Crippen LogP) is 3.37. The van der Waals surface area contributed by atoms with Crippen LogP contribution in [0.4, 0.5) is 0 Å².